The second kappa shape index (κ2) is 8.42. The molecule has 1 aliphatic heterocycles. The predicted molar refractivity (Wildman–Crippen MR) is 130 cm³/mol. The molecule has 2 atom stereocenters. The van der Waals surface area contributed by atoms with Crippen molar-refractivity contribution in [3.63, 3.8) is 0 Å². The lowest BCUT2D eigenvalue weighted by molar-refractivity contribution is 0.0931. The minimum atomic E-state index is -0.0647. The average molecular weight is 443 g/mol. The number of piperidine rings is 1. The van der Waals surface area contributed by atoms with Crippen LogP contribution in [0.25, 0.3) is 22.2 Å². The molecular weight excluding hydrogens is 416 g/mol. The van der Waals surface area contributed by atoms with Crippen molar-refractivity contribution in [1.82, 2.24) is 25.5 Å². The van der Waals surface area contributed by atoms with Crippen LogP contribution in [-0.4, -0.2) is 44.7 Å². The molecule has 3 heterocycles. The van der Waals surface area contributed by atoms with Crippen LogP contribution in [0.3, 0.4) is 0 Å². The van der Waals surface area contributed by atoms with Gasteiger partial charge in [0.25, 0.3) is 5.91 Å². The number of anilines is 3. The summed E-state index contributed by atoms with van der Waals surface area (Å²) < 4.78 is 0. The van der Waals surface area contributed by atoms with Crippen LogP contribution in [0.5, 0.6) is 0 Å². The van der Waals surface area contributed by atoms with E-state index in [0.29, 0.717) is 17.9 Å². The average Bonchev–Trinajstić information content (AvgIpc) is 3.20. The topological polar surface area (TPSA) is 139 Å². The number of aromatic nitrogens is 4. The monoisotopic (exact) mass is 442 g/mol. The molecule has 5 rings (SSSR count). The van der Waals surface area contributed by atoms with Gasteiger partial charge in [-0.05, 0) is 44.0 Å². The van der Waals surface area contributed by atoms with E-state index < -0.39 is 0 Å². The van der Waals surface area contributed by atoms with Crippen LogP contribution in [0.15, 0.2) is 54.6 Å². The van der Waals surface area contributed by atoms with E-state index in [4.69, 9.17) is 11.5 Å². The van der Waals surface area contributed by atoms with Crippen molar-refractivity contribution in [2.75, 3.05) is 22.9 Å². The van der Waals surface area contributed by atoms with Crippen LogP contribution >= 0.6 is 0 Å². The quantitative estimate of drug-likeness (QED) is 0.381. The minimum Gasteiger partial charge on any atom is -0.382 e. The summed E-state index contributed by atoms with van der Waals surface area (Å²) in [4.78, 5) is 23.8. The normalized spacial score (nSPS) is 18.4. The van der Waals surface area contributed by atoms with Gasteiger partial charge in [0, 0.05) is 41.2 Å². The third kappa shape index (κ3) is 4.17. The highest BCUT2D eigenvalue weighted by atomic mass is 16.1. The fraction of sp³-hybridized carbons (Fsp3) is 0.250. The molecule has 4 aromatic rings. The highest BCUT2D eigenvalue weighted by Crippen LogP contribution is 2.30. The Balaban J connectivity index is 1.40. The zero-order valence-corrected chi connectivity index (χ0v) is 18.3. The molecule has 6 N–H and O–H groups in total. The number of hydrogen-bond acceptors (Lipinski definition) is 7. The molecule has 1 amide bonds. The number of aromatic amines is 1. The van der Waals surface area contributed by atoms with Crippen LogP contribution in [0.2, 0.25) is 0 Å². The molecular formula is C24H26N8O. The van der Waals surface area contributed by atoms with E-state index in [9.17, 15) is 4.79 Å². The fourth-order valence-electron chi connectivity index (χ4n) is 4.35. The molecule has 0 aliphatic carbocycles. The van der Waals surface area contributed by atoms with Crippen LogP contribution in [0.1, 0.15) is 30.1 Å². The highest BCUT2D eigenvalue weighted by Gasteiger charge is 2.28. The second-order valence-electron chi connectivity index (χ2n) is 8.45. The fourth-order valence-corrected chi connectivity index (χ4v) is 4.35. The smallest absolute Gasteiger partial charge is 0.251 e. The van der Waals surface area contributed by atoms with Gasteiger partial charge in [-0.15, -0.1) is 0 Å². The molecule has 1 aliphatic rings. The molecule has 0 bridgehead atoms. The maximum atomic E-state index is 12.6. The van der Waals surface area contributed by atoms with Gasteiger partial charge in [0.15, 0.2) is 5.82 Å². The molecule has 0 saturated carbocycles. The number of rotatable bonds is 4. The van der Waals surface area contributed by atoms with Crippen LogP contribution in [0.4, 0.5) is 17.6 Å². The van der Waals surface area contributed by atoms with Crippen molar-refractivity contribution < 1.29 is 4.79 Å². The van der Waals surface area contributed by atoms with Gasteiger partial charge >= 0.3 is 0 Å². The number of benzene rings is 2. The number of hydrogen-bond donors (Lipinski definition) is 4. The van der Waals surface area contributed by atoms with Crippen molar-refractivity contribution in [1.29, 1.82) is 0 Å². The summed E-state index contributed by atoms with van der Waals surface area (Å²) in [6.45, 7) is 2.80. The van der Waals surface area contributed by atoms with Gasteiger partial charge < -0.3 is 21.7 Å². The first-order chi connectivity index (χ1) is 16.0. The number of carbonyl (C=O) groups is 1. The van der Waals surface area contributed by atoms with E-state index >= 15 is 0 Å². The minimum absolute atomic E-state index is 0.0119. The summed E-state index contributed by atoms with van der Waals surface area (Å²) in [5.41, 5.74) is 15.1. The van der Waals surface area contributed by atoms with Crippen molar-refractivity contribution in [2.45, 2.75) is 31.8 Å². The van der Waals surface area contributed by atoms with Crippen molar-refractivity contribution >= 4 is 34.4 Å². The lowest BCUT2D eigenvalue weighted by Crippen LogP contribution is -2.51. The Hall–Kier alpha value is -4.14. The number of carbonyl (C=O) groups excluding carboxylic acids is 1. The van der Waals surface area contributed by atoms with Crippen LogP contribution < -0.4 is 21.7 Å². The summed E-state index contributed by atoms with van der Waals surface area (Å²) >= 11 is 0. The van der Waals surface area contributed by atoms with Gasteiger partial charge in [-0.25, -0.2) is 4.98 Å². The van der Waals surface area contributed by atoms with E-state index in [1.807, 2.05) is 54.6 Å². The number of nitrogen functional groups attached to an aromatic ring is 2. The van der Waals surface area contributed by atoms with Gasteiger partial charge in [0.2, 0.25) is 5.95 Å². The van der Waals surface area contributed by atoms with Gasteiger partial charge in [0.1, 0.15) is 5.82 Å². The molecule has 0 spiro atoms. The third-order valence-electron chi connectivity index (χ3n) is 6.17. The molecule has 9 heteroatoms. The van der Waals surface area contributed by atoms with Crippen molar-refractivity contribution in [2.24, 2.45) is 0 Å². The summed E-state index contributed by atoms with van der Waals surface area (Å²) in [6.07, 6.45) is 1.83. The highest BCUT2D eigenvalue weighted by molar-refractivity contribution is 5.94. The zero-order chi connectivity index (χ0) is 22.9. The van der Waals surface area contributed by atoms with Crippen molar-refractivity contribution in [3.8, 4) is 11.3 Å². The molecule has 2 aromatic heterocycles. The van der Waals surface area contributed by atoms with Gasteiger partial charge in [-0.2, -0.15) is 10.1 Å². The first kappa shape index (κ1) is 20.7. The Kier molecular flexibility index (Phi) is 5.29. The summed E-state index contributed by atoms with van der Waals surface area (Å²) in [6, 6.07) is 17.3. The summed E-state index contributed by atoms with van der Waals surface area (Å²) in [5.74, 6) is 1.34. The second-order valence-corrected chi connectivity index (χ2v) is 8.45. The SMILES string of the molecule is C[C@@H]1CC[C@H](NC(=O)c2ccccc2)CN1c1cc(-c2ccc3c(N)n[nH]c3c2)nc(N)n1. The number of amides is 1. The maximum Gasteiger partial charge on any atom is 0.251 e. The van der Waals surface area contributed by atoms with Crippen LogP contribution in [0, 0.1) is 0 Å². The van der Waals surface area contributed by atoms with Crippen LogP contribution in [-0.2, 0) is 0 Å². The number of nitrogens with two attached hydrogens (primary N) is 2. The first-order valence-corrected chi connectivity index (χ1v) is 11.0. The molecule has 1 fully saturated rings. The zero-order valence-electron chi connectivity index (χ0n) is 18.3. The summed E-state index contributed by atoms with van der Waals surface area (Å²) in [5, 5.41) is 11.0. The van der Waals surface area contributed by atoms with Crippen molar-refractivity contribution in [3.05, 3.63) is 60.2 Å². The van der Waals surface area contributed by atoms with E-state index in [2.05, 4.69) is 37.3 Å². The molecule has 0 unspecified atom stereocenters. The lowest BCUT2D eigenvalue weighted by Gasteiger charge is -2.39. The standard InChI is InChI=1S/C24H26N8O/c1-14-7-9-17(27-23(33)15-5-3-2-4-6-15)13-32(14)21-12-19(28-24(26)29-21)16-8-10-18-20(11-16)30-31-22(18)25/h2-6,8,10-12,14,17H,7,9,13H2,1H3,(H,27,33)(H3,25,30,31)(H2,26,28,29)/t14-,17+/m1/s1. The Labute approximate surface area is 191 Å². The van der Waals surface area contributed by atoms with E-state index in [-0.39, 0.29) is 23.9 Å². The maximum absolute atomic E-state index is 12.6. The Morgan fingerprint density at radius 3 is 2.73 bits per heavy atom. The summed E-state index contributed by atoms with van der Waals surface area (Å²) in [7, 11) is 0. The van der Waals surface area contributed by atoms with Gasteiger partial charge in [0.05, 0.1) is 11.2 Å². The largest absolute Gasteiger partial charge is 0.382 e. The van der Waals surface area contributed by atoms with Gasteiger partial charge in [-0.3, -0.25) is 9.89 Å². The van der Waals surface area contributed by atoms with E-state index in [0.717, 1.165) is 40.8 Å². The lowest BCUT2D eigenvalue weighted by atomic mass is 9.98. The first-order valence-electron chi connectivity index (χ1n) is 11.0. The number of nitrogens with zero attached hydrogens (tertiary/aromatic N) is 4. The predicted octanol–water partition coefficient (Wildman–Crippen LogP) is 2.97. The number of nitrogens with one attached hydrogen (secondary N) is 2. The molecule has 9 nitrogen and oxygen atoms in total. The third-order valence-corrected chi connectivity index (χ3v) is 6.17. The molecule has 2 aromatic carbocycles. The number of H-pyrrole nitrogens is 1. The van der Waals surface area contributed by atoms with E-state index in [1.54, 1.807) is 0 Å². The van der Waals surface area contributed by atoms with E-state index in [1.165, 1.54) is 0 Å². The molecule has 1 saturated heterocycles. The molecule has 168 valence electrons. The molecule has 33 heavy (non-hydrogen) atoms. The van der Waals surface area contributed by atoms with Gasteiger partial charge in [-0.1, -0.05) is 24.3 Å². The number of fused-ring (bicyclic) bond motifs is 1. The Morgan fingerprint density at radius 1 is 1.09 bits per heavy atom. The Morgan fingerprint density at radius 2 is 1.91 bits per heavy atom. The molecule has 0 radical (unpaired) electrons. The Bertz CT molecular complexity index is 1300.